The number of aromatic nitrogens is 2. The minimum atomic E-state index is -3.48. The van der Waals surface area contributed by atoms with Gasteiger partial charge in [-0.3, -0.25) is 5.10 Å². The third-order valence-corrected chi connectivity index (χ3v) is 4.66. The van der Waals surface area contributed by atoms with E-state index in [9.17, 15) is 8.42 Å². The third kappa shape index (κ3) is 3.05. The van der Waals surface area contributed by atoms with Gasteiger partial charge < -0.3 is 5.32 Å². The number of nitrogens with one attached hydrogen (secondary N) is 2. The maximum atomic E-state index is 12.2. The first-order valence-electron chi connectivity index (χ1n) is 5.62. The van der Waals surface area contributed by atoms with Crippen molar-refractivity contribution in [3.63, 3.8) is 0 Å². The molecule has 0 saturated heterocycles. The Morgan fingerprint density at radius 3 is 2.71 bits per heavy atom. The fourth-order valence-electron chi connectivity index (χ4n) is 1.33. The zero-order chi connectivity index (χ0) is 13.1. The van der Waals surface area contributed by atoms with Gasteiger partial charge in [-0.1, -0.05) is 6.92 Å². The molecule has 0 radical (unpaired) electrons. The molecule has 0 unspecified atom stereocenters. The maximum absolute atomic E-state index is 12.2. The van der Waals surface area contributed by atoms with Gasteiger partial charge in [-0.05, 0) is 20.4 Å². The number of aromatic amines is 1. The van der Waals surface area contributed by atoms with Crippen molar-refractivity contribution in [3.8, 4) is 0 Å². The van der Waals surface area contributed by atoms with Gasteiger partial charge >= 0.3 is 0 Å². The van der Waals surface area contributed by atoms with Crippen LogP contribution < -0.4 is 5.32 Å². The summed E-state index contributed by atoms with van der Waals surface area (Å²) in [6, 6.07) is -0.0877. The molecule has 0 aliphatic rings. The van der Waals surface area contributed by atoms with Crippen molar-refractivity contribution in [1.29, 1.82) is 0 Å². The van der Waals surface area contributed by atoms with Gasteiger partial charge in [-0.2, -0.15) is 9.40 Å². The van der Waals surface area contributed by atoms with E-state index >= 15 is 0 Å². The van der Waals surface area contributed by atoms with E-state index in [2.05, 4.69) is 15.5 Å². The summed E-state index contributed by atoms with van der Waals surface area (Å²) in [5.74, 6) is 0. The summed E-state index contributed by atoms with van der Waals surface area (Å²) < 4.78 is 25.8. The average Bonchev–Trinajstić information content (AvgIpc) is 2.73. The van der Waals surface area contributed by atoms with Crippen LogP contribution in [0.4, 0.5) is 0 Å². The molecule has 1 rings (SSSR count). The molecule has 0 spiro atoms. The SMILES string of the molecule is CCNCc1cn[nH]c1S(=O)(=O)N(C)C(C)C. The highest BCUT2D eigenvalue weighted by Crippen LogP contribution is 2.17. The maximum Gasteiger partial charge on any atom is 0.260 e. The van der Waals surface area contributed by atoms with Crippen LogP contribution in [0.1, 0.15) is 26.3 Å². The molecule has 1 heterocycles. The summed E-state index contributed by atoms with van der Waals surface area (Å²) in [7, 11) is -1.91. The van der Waals surface area contributed by atoms with Crippen LogP contribution in [0, 0.1) is 0 Å². The normalized spacial score (nSPS) is 12.6. The molecular weight excluding hydrogens is 240 g/mol. The summed E-state index contributed by atoms with van der Waals surface area (Å²) in [5.41, 5.74) is 0.666. The lowest BCUT2D eigenvalue weighted by atomic mass is 10.3. The van der Waals surface area contributed by atoms with E-state index in [1.54, 1.807) is 13.2 Å². The summed E-state index contributed by atoms with van der Waals surface area (Å²) in [4.78, 5) is 0. The van der Waals surface area contributed by atoms with E-state index in [4.69, 9.17) is 0 Å². The summed E-state index contributed by atoms with van der Waals surface area (Å²) >= 11 is 0. The highest BCUT2D eigenvalue weighted by atomic mass is 32.2. The third-order valence-electron chi connectivity index (χ3n) is 2.61. The minimum Gasteiger partial charge on any atom is -0.313 e. The van der Waals surface area contributed by atoms with Crippen molar-refractivity contribution in [1.82, 2.24) is 19.8 Å². The molecule has 1 aromatic rings. The van der Waals surface area contributed by atoms with Crippen molar-refractivity contribution in [2.45, 2.75) is 38.4 Å². The van der Waals surface area contributed by atoms with E-state index < -0.39 is 10.0 Å². The topological polar surface area (TPSA) is 78.1 Å². The van der Waals surface area contributed by atoms with Gasteiger partial charge in [0.15, 0.2) is 5.03 Å². The monoisotopic (exact) mass is 260 g/mol. The van der Waals surface area contributed by atoms with E-state index in [1.807, 2.05) is 20.8 Å². The van der Waals surface area contributed by atoms with E-state index in [0.29, 0.717) is 12.1 Å². The van der Waals surface area contributed by atoms with Crippen molar-refractivity contribution in [2.24, 2.45) is 0 Å². The smallest absolute Gasteiger partial charge is 0.260 e. The van der Waals surface area contributed by atoms with Crippen LogP contribution in [-0.4, -0.2) is 42.6 Å². The molecule has 0 bridgehead atoms. The van der Waals surface area contributed by atoms with Gasteiger partial charge in [0, 0.05) is 25.2 Å². The van der Waals surface area contributed by atoms with Gasteiger partial charge in [0.2, 0.25) is 0 Å². The molecule has 0 aromatic carbocycles. The van der Waals surface area contributed by atoms with Crippen molar-refractivity contribution in [3.05, 3.63) is 11.8 Å². The Morgan fingerprint density at radius 2 is 2.18 bits per heavy atom. The number of hydrogen-bond acceptors (Lipinski definition) is 4. The Hall–Kier alpha value is -0.920. The van der Waals surface area contributed by atoms with Gasteiger partial charge in [0.1, 0.15) is 0 Å². The second-order valence-corrected chi connectivity index (χ2v) is 6.05. The largest absolute Gasteiger partial charge is 0.313 e. The summed E-state index contributed by atoms with van der Waals surface area (Å²) in [6.07, 6.45) is 1.55. The predicted molar refractivity (Wildman–Crippen MR) is 66.1 cm³/mol. The van der Waals surface area contributed by atoms with Crippen LogP contribution in [0.2, 0.25) is 0 Å². The second-order valence-electron chi connectivity index (χ2n) is 4.12. The molecule has 1 aromatic heterocycles. The molecule has 7 heteroatoms. The highest BCUT2D eigenvalue weighted by Gasteiger charge is 2.27. The standard InChI is InChI=1S/C10H20N4O2S/c1-5-11-6-9-7-12-13-10(9)17(15,16)14(4)8(2)3/h7-8,11H,5-6H2,1-4H3,(H,12,13). The van der Waals surface area contributed by atoms with Crippen LogP contribution in [-0.2, 0) is 16.6 Å². The molecule has 0 aliphatic carbocycles. The fourth-order valence-corrected chi connectivity index (χ4v) is 2.80. The number of sulfonamides is 1. The average molecular weight is 260 g/mol. The predicted octanol–water partition coefficient (Wildman–Crippen LogP) is 0.548. The van der Waals surface area contributed by atoms with Gasteiger partial charge in [-0.25, -0.2) is 8.42 Å². The molecule has 0 amide bonds. The molecule has 17 heavy (non-hydrogen) atoms. The highest BCUT2D eigenvalue weighted by molar-refractivity contribution is 7.89. The number of nitrogens with zero attached hydrogens (tertiary/aromatic N) is 2. The van der Waals surface area contributed by atoms with Crippen LogP contribution in [0.5, 0.6) is 0 Å². The molecule has 6 nitrogen and oxygen atoms in total. The van der Waals surface area contributed by atoms with Crippen molar-refractivity contribution >= 4 is 10.0 Å². The van der Waals surface area contributed by atoms with Crippen LogP contribution in [0.15, 0.2) is 11.2 Å². The summed E-state index contributed by atoms with van der Waals surface area (Å²) in [6.45, 7) is 6.91. The lowest BCUT2D eigenvalue weighted by molar-refractivity contribution is 0.408. The first-order chi connectivity index (χ1) is 7.91. The Bertz CT molecular complexity index is 453. The van der Waals surface area contributed by atoms with Crippen LogP contribution >= 0.6 is 0 Å². The molecule has 98 valence electrons. The number of H-pyrrole nitrogens is 1. The minimum absolute atomic E-state index is 0.0877. The molecule has 2 N–H and O–H groups in total. The van der Waals surface area contributed by atoms with Crippen molar-refractivity contribution < 1.29 is 8.42 Å². The van der Waals surface area contributed by atoms with Gasteiger partial charge in [0.25, 0.3) is 10.0 Å². The Kier molecular flexibility index (Phi) is 4.67. The quantitative estimate of drug-likeness (QED) is 0.783. The van der Waals surface area contributed by atoms with Crippen LogP contribution in [0.3, 0.4) is 0 Å². The van der Waals surface area contributed by atoms with Crippen molar-refractivity contribution in [2.75, 3.05) is 13.6 Å². The molecular formula is C10H20N4O2S. The Labute approximate surface area is 102 Å². The van der Waals surface area contributed by atoms with Gasteiger partial charge in [0.05, 0.1) is 6.20 Å². The van der Waals surface area contributed by atoms with E-state index in [-0.39, 0.29) is 11.1 Å². The second kappa shape index (κ2) is 5.61. The molecule has 0 atom stereocenters. The Balaban J connectivity index is 3.03. The van der Waals surface area contributed by atoms with E-state index in [1.165, 1.54) is 4.31 Å². The molecule has 0 aliphatic heterocycles. The number of rotatable bonds is 6. The molecule has 0 saturated carbocycles. The zero-order valence-electron chi connectivity index (χ0n) is 10.7. The first kappa shape index (κ1) is 14.1. The van der Waals surface area contributed by atoms with E-state index in [0.717, 1.165) is 6.54 Å². The lowest BCUT2D eigenvalue weighted by Crippen LogP contribution is -2.34. The first-order valence-corrected chi connectivity index (χ1v) is 7.06. The van der Waals surface area contributed by atoms with Crippen LogP contribution in [0.25, 0.3) is 0 Å². The molecule has 0 fully saturated rings. The zero-order valence-corrected chi connectivity index (χ0v) is 11.5. The van der Waals surface area contributed by atoms with Gasteiger partial charge in [-0.15, -0.1) is 0 Å². The summed E-state index contributed by atoms with van der Waals surface area (Å²) in [5, 5.41) is 9.65. The fraction of sp³-hybridized carbons (Fsp3) is 0.700. The Morgan fingerprint density at radius 1 is 1.53 bits per heavy atom. The lowest BCUT2D eigenvalue weighted by Gasteiger charge is -2.20. The number of hydrogen-bond donors (Lipinski definition) is 2.